The van der Waals surface area contributed by atoms with Gasteiger partial charge >= 0.3 is 0 Å². The van der Waals surface area contributed by atoms with E-state index in [0.29, 0.717) is 23.7 Å². The van der Waals surface area contributed by atoms with Crippen molar-refractivity contribution in [2.75, 3.05) is 0 Å². The lowest BCUT2D eigenvalue weighted by Crippen LogP contribution is -2.06. The van der Waals surface area contributed by atoms with E-state index in [1.165, 1.54) is 138 Å². The predicted molar refractivity (Wildman–Crippen MR) is 241 cm³/mol. The van der Waals surface area contributed by atoms with E-state index in [4.69, 9.17) is 9.97 Å². The Hall–Kier alpha value is -6.38. The Labute approximate surface area is 337 Å². The number of hydrogen-bond donors (Lipinski definition) is 0. The third kappa shape index (κ3) is 4.17. The maximum atomic E-state index is 5.77. The lowest BCUT2D eigenvalue weighted by Gasteiger charge is -2.24. The van der Waals surface area contributed by atoms with Gasteiger partial charge in [0.15, 0.2) is 0 Å². The second-order valence-corrected chi connectivity index (χ2v) is 17.8. The molecule has 2 nitrogen and oxygen atoms in total. The first-order valence-corrected chi connectivity index (χ1v) is 21.5. The summed E-state index contributed by atoms with van der Waals surface area (Å²) in [7, 11) is 0. The maximum Gasteiger partial charge on any atom is 0.0790 e. The van der Waals surface area contributed by atoms with Gasteiger partial charge in [-0.25, -0.2) is 9.97 Å². The number of pyridine rings is 2. The summed E-state index contributed by atoms with van der Waals surface area (Å²) < 4.78 is 0. The molecule has 0 aliphatic heterocycles. The van der Waals surface area contributed by atoms with Crippen LogP contribution in [-0.4, -0.2) is 9.97 Å². The maximum absolute atomic E-state index is 5.77. The Bertz CT molecular complexity index is 3140. The normalized spacial score (nSPS) is 20.3. The second-order valence-electron chi connectivity index (χ2n) is 17.8. The van der Waals surface area contributed by atoms with Gasteiger partial charge in [0.2, 0.25) is 0 Å². The average Bonchev–Trinajstić information content (AvgIpc) is 4.12. The minimum atomic E-state index is 0.578. The molecule has 2 heterocycles. The van der Waals surface area contributed by atoms with Crippen molar-refractivity contribution in [3.63, 3.8) is 0 Å². The molecule has 0 radical (unpaired) electrons. The van der Waals surface area contributed by atoms with Crippen molar-refractivity contribution in [3.8, 4) is 44.8 Å². The number of benzene rings is 8. The molecule has 4 bridgehead atoms. The van der Waals surface area contributed by atoms with Gasteiger partial charge in [-0.1, -0.05) is 146 Å². The lowest BCUT2D eigenvalue weighted by molar-refractivity contribution is 0.720. The van der Waals surface area contributed by atoms with Gasteiger partial charge in [-0.3, -0.25) is 0 Å². The fraction of sp³-hybridized carbons (Fsp3) is 0.179. The van der Waals surface area contributed by atoms with Crippen LogP contribution in [0.4, 0.5) is 0 Å². The Morgan fingerprint density at radius 1 is 0.328 bits per heavy atom. The van der Waals surface area contributed by atoms with Crippen molar-refractivity contribution in [2.45, 2.75) is 62.2 Å². The van der Waals surface area contributed by atoms with Gasteiger partial charge in [0.25, 0.3) is 0 Å². The Kier molecular flexibility index (Phi) is 6.34. The smallest absolute Gasteiger partial charge is 0.0790 e. The summed E-state index contributed by atoms with van der Waals surface area (Å²) in [5.41, 5.74) is 18.3. The quantitative estimate of drug-likeness (QED) is 0.168. The second kappa shape index (κ2) is 11.6. The summed E-state index contributed by atoms with van der Waals surface area (Å²) >= 11 is 0. The molecule has 4 unspecified atom stereocenters. The molecule has 2 fully saturated rings. The summed E-state index contributed by atoms with van der Waals surface area (Å²) in [4.78, 5) is 11.5. The minimum absolute atomic E-state index is 0.578. The van der Waals surface area contributed by atoms with Crippen LogP contribution < -0.4 is 0 Å². The third-order valence-electron chi connectivity index (χ3n) is 15.0. The van der Waals surface area contributed by atoms with Crippen LogP contribution in [0.5, 0.6) is 0 Å². The molecule has 2 heteroatoms. The number of hydrogen-bond acceptors (Lipinski definition) is 2. The number of fused-ring (bicyclic) bond motifs is 14. The van der Waals surface area contributed by atoms with Gasteiger partial charge in [-0.2, -0.15) is 0 Å². The first-order valence-electron chi connectivity index (χ1n) is 21.5. The SMILES string of the molecule is c1ccc(-c2cccc3c4c(c(-c5ccc6ccc7c(-c8nc9c(-c%10ccccc%10)cccc9c9c8C8CCC9C8)ccc8ccc5c6c87)nc23)C2CCC4C2)cc1. The molecule has 4 aliphatic rings. The molecule has 0 saturated heterocycles. The van der Waals surface area contributed by atoms with E-state index >= 15 is 0 Å². The molecule has 4 aliphatic carbocycles. The van der Waals surface area contributed by atoms with Gasteiger partial charge in [0, 0.05) is 33.0 Å². The van der Waals surface area contributed by atoms with Gasteiger partial charge in [0.1, 0.15) is 0 Å². The van der Waals surface area contributed by atoms with Crippen molar-refractivity contribution in [2.24, 2.45) is 0 Å². The largest absolute Gasteiger partial charge is 0.247 e. The highest BCUT2D eigenvalue weighted by atomic mass is 14.7. The predicted octanol–water partition coefficient (Wildman–Crippen LogP) is 15.1. The van der Waals surface area contributed by atoms with Crippen molar-refractivity contribution >= 4 is 54.1 Å². The van der Waals surface area contributed by atoms with E-state index in [1.54, 1.807) is 11.1 Å². The van der Waals surface area contributed by atoms with Crippen LogP contribution in [0.1, 0.15) is 84.5 Å². The Balaban J connectivity index is 1.04. The third-order valence-corrected chi connectivity index (χ3v) is 15.0. The molecule has 0 N–H and O–H groups in total. The molecule has 2 aromatic heterocycles. The number of para-hydroxylation sites is 2. The highest BCUT2D eigenvalue weighted by Gasteiger charge is 2.42. The fourth-order valence-electron chi connectivity index (χ4n) is 12.7. The van der Waals surface area contributed by atoms with Crippen molar-refractivity contribution in [1.82, 2.24) is 9.97 Å². The molecule has 274 valence electrons. The van der Waals surface area contributed by atoms with E-state index in [1.807, 2.05) is 0 Å². The minimum Gasteiger partial charge on any atom is -0.247 e. The Morgan fingerprint density at radius 3 is 1.19 bits per heavy atom. The number of rotatable bonds is 4. The van der Waals surface area contributed by atoms with Crippen LogP contribution in [0, 0.1) is 0 Å². The van der Waals surface area contributed by atoms with Gasteiger partial charge in [-0.15, -0.1) is 0 Å². The standard InChI is InChI=1S/C56H40N2/c1-3-9-31(10-4-1)39-13-7-15-45-49-35-17-19-37(29-35)51(49)55(57-53(39)45)43-27-23-33-22-26-42-44(28-24-34-21-25-41(43)47(33)48(34)42)56-52-38-20-18-36(30-38)50(52)46-16-8-14-40(54(46)58-56)32-11-5-2-6-12-32/h1-16,21-28,35-38H,17-20,29-30H2. The van der Waals surface area contributed by atoms with Crippen LogP contribution in [0.25, 0.3) is 98.9 Å². The zero-order valence-electron chi connectivity index (χ0n) is 32.3. The van der Waals surface area contributed by atoms with Crippen LogP contribution in [0.3, 0.4) is 0 Å². The first kappa shape index (κ1) is 31.7. The average molecular weight is 741 g/mol. The van der Waals surface area contributed by atoms with Crippen LogP contribution in [0.2, 0.25) is 0 Å². The fourth-order valence-corrected chi connectivity index (χ4v) is 12.7. The topological polar surface area (TPSA) is 25.8 Å². The summed E-state index contributed by atoms with van der Waals surface area (Å²) in [5.74, 6) is 2.39. The molecular weight excluding hydrogens is 701 g/mol. The molecule has 14 rings (SSSR count). The summed E-state index contributed by atoms with van der Waals surface area (Å²) in [6, 6.07) is 54.5. The lowest BCUT2D eigenvalue weighted by atomic mass is 9.82. The summed E-state index contributed by atoms with van der Waals surface area (Å²) in [6.45, 7) is 0. The number of aromatic nitrogens is 2. The van der Waals surface area contributed by atoms with Crippen molar-refractivity contribution in [1.29, 1.82) is 0 Å². The van der Waals surface area contributed by atoms with Crippen LogP contribution >= 0.6 is 0 Å². The van der Waals surface area contributed by atoms with E-state index in [0.717, 1.165) is 11.0 Å². The van der Waals surface area contributed by atoms with Gasteiger partial charge in [-0.05, 0) is 128 Å². The van der Waals surface area contributed by atoms with E-state index in [-0.39, 0.29) is 0 Å². The van der Waals surface area contributed by atoms with E-state index in [2.05, 4.69) is 146 Å². The zero-order valence-corrected chi connectivity index (χ0v) is 32.3. The van der Waals surface area contributed by atoms with Crippen molar-refractivity contribution in [3.05, 3.63) is 168 Å². The van der Waals surface area contributed by atoms with E-state index in [9.17, 15) is 0 Å². The Morgan fingerprint density at radius 2 is 0.741 bits per heavy atom. The van der Waals surface area contributed by atoms with Crippen LogP contribution in [0.15, 0.2) is 146 Å². The molecule has 2 saturated carbocycles. The molecule has 58 heavy (non-hydrogen) atoms. The monoisotopic (exact) mass is 740 g/mol. The summed E-state index contributed by atoms with van der Waals surface area (Å²) in [5, 5.41) is 10.6. The van der Waals surface area contributed by atoms with Gasteiger partial charge in [0.05, 0.1) is 22.4 Å². The molecule has 10 aromatic rings. The zero-order chi connectivity index (χ0) is 37.6. The highest BCUT2D eigenvalue weighted by Crippen LogP contribution is 2.60. The molecular formula is C56H40N2. The summed E-state index contributed by atoms with van der Waals surface area (Å²) in [6.07, 6.45) is 7.61. The molecule has 4 atom stereocenters. The van der Waals surface area contributed by atoms with E-state index < -0.39 is 0 Å². The number of nitrogens with zero attached hydrogens (tertiary/aromatic N) is 2. The molecule has 8 aromatic carbocycles. The van der Waals surface area contributed by atoms with Crippen LogP contribution in [-0.2, 0) is 0 Å². The molecule has 0 amide bonds. The highest BCUT2D eigenvalue weighted by molar-refractivity contribution is 6.28. The molecule has 0 spiro atoms. The van der Waals surface area contributed by atoms with Crippen molar-refractivity contribution < 1.29 is 0 Å². The first-order chi connectivity index (χ1) is 28.8. The van der Waals surface area contributed by atoms with Gasteiger partial charge < -0.3 is 0 Å².